The van der Waals surface area contributed by atoms with Crippen molar-refractivity contribution in [1.29, 1.82) is 0 Å². The number of aryl methyl sites for hydroxylation is 1. The van der Waals surface area contributed by atoms with E-state index in [-0.39, 0.29) is 18.3 Å². The lowest BCUT2D eigenvalue weighted by atomic mass is 10.1. The van der Waals surface area contributed by atoms with E-state index in [9.17, 15) is 18.8 Å². The van der Waals surface area contributed by atoms with E-state index in [1.807, 2.05) is 24.0 Å². The molecule has 32 heavy (non-hydrogen) atoms. The molecule has 1 heterocycles. The molecule has 1 aliphatic rings. The summed E-state index contributed by atoms with van der Waals surface area (Å²) in [6, 6.07) is 11.7. The molecule has 0 bridgehead atoms. The van der Waals surface area contributed by atoms with Crippen molar-refractivity contribution in [3.05, 3.63) is 59.4 Å². The third-order valence-corrected chi connectivity index (χ3v) is 5.33. The van der Waals surface area contributed by atoms with E-state index in [2.05, 4.69) is 0 Å². The van der Waals surface area contributed by atoms with Crippen LogP contribution in [-0.4, -0.2) is 61.4 Å². The summed E-state index contributed by atoms with van der Waals surface area (Å²) >= 11 is 0. The van der Waals surface area contributed by atoms with Crippen molar-refractivity contribution in [2.75, 3.05) is 37.7 Å². The fourth-order valence-electron chi connectivity index (χ4n) is 3.39. The average Bonchev–Trinajstić information content (AvgIpc) is 2.78. The van der Waals surface area contributed by atoms with Crippen LogP contribution in [0.1, 0.15) is 29.8 Å². The molecule has 1 atom stereocenters. The minimum absolute atomic E-state index is 0.195. The Morgan fingerprint density at radius 3 is 2.28 bits per heavy atom. The lowest BCUT2D eigenvalue weighted by molar-refractivity contribution is -0.157. The Bertz CT molecular complexity index is 984. The van der Waals surface area contributed by atoms with Crippen LogP contribution in [0.25, 0.3) is 0 Å². The maximum atomic E-state index is 14.4. The van der Waals surface area contributed by atoms with E-state index in [0.717, 1.165) is 5.56 Å². The van der Waals surface area contributed by atoms with Gasteiger partial charge < -0.3 is 19.3 Å². The quantitative estimate of drug-likeness (QED) is 0.485. The van der Waals surface area contributed by atoms with E-state index in [1.165, 1.54) is 13.0 Å². The molecule has 3 rings (SSSR count). The number of rotatable bonds is 7. The number of anilines is 1. The van der Waals surface area contributed by atoms with Gasteiger partial charge in [0, 0.05) is 31.7 Å². The predicted octanol–water partition coefficient (Wildman–Crippen LogP) is 3.00. The first-order valence-corrected chi connectivity index (χ1v) is 10.5. The van der Waals surface area contributed by atoms with E-state index >= 15 is 0 Å². The van der Waals surface area contributed by atoms with Crippen molar-refractivity contribution >= 4 is 23.3 Å². The van der Waals surface area contributed by atoms with Gasteiger partial charge >= 0.3 is 5.97 Å². The zero-order chi connectivity index (χ0) is 23.3. The molecule has 0 aliphatic carbocycles. The third kappa shape index (κ3) is 5.84. The first-order chi connectivity index (χ1) is 15.2. The van der Waals surface area contributed by atoms with Crippen LogP contribution in [0.15, 0.2) is 42.5 Å². The van der Waals surface area contributed by atoms with Crippen LogP contribution in [0.3, 0.4) is 0 Å². The number of piperazine rings is 1. The summed E-state index contributed by atoms with van der Waals surface area (Å²) in [5, 5.41) is 0. The molecule has 1 fully saturated rings. The van der Waals surface area contributed by atoms with E-state index in [0.29, 0.717) is 43.2 Å². The second-order valence-electron chi connectivity index (χ2n) is 7.77. The molecule has 170 valence electrons. The van der Waals surface area contributed by atoms with Crippen LogP contribution < -0.4 is 9.64 Å². The Morgan fingerprint density at radius 2 is 1.69 bits per heavy atom. The number of carbonyl (C=O) groups excluding carboxylic acids is 3. The molecule has 2 aromatic rings. The maximum Gasteiger partial charge on any atom is 0.347 e. The fourth-order valence-corrected chi connectivity index (χ4v) is 3.39. The number of benzene rings is 2. The molecule has 1 unspecified atom stereocenters. The number of esters is 1. The molecule has 8 heteroatoms. The minimum Gasteiger partial charge on any atom is -0.479 e. The summed E-state index contributed by atoms with van der Waals surface area (Å²) in [5.41, 5.74) is 1.80. The molecule has 7 nitrogen and oxygen atoms in total. The SMILES string of the molecule is CC(=O)c1ccc(N2CCN(C(=O)COC(=O)C(C)Oc3ccc(C)cc3)CC2)c(F)c1. The van der Waals surface area contributed by atoms with Crippen molar-refractivity contribution < 1.29 is 28.2 Å². The maximum absolute atomic E-state index is 14.4. The Kier molecular flexibility index (Phi) is 7.45. The van der Waals surface area contributed by atoms with Crippen LogP contribution in [0.2, 0.25) is 0 Å². The fraction of sp³-hybridized carbons (Fsp3) is 0.375. The monoisotopic (exact) mass is 442 g/mol. The number of carbonyl (C=O) groups is 3. The van der Waals surface area contributed by atoms with Crippen LogP contribution >= 0.6 is 0 Å². The summed E-state index contributed by atoms with van der Waals surface area (Å²) in [7, 11) is 0. The first kappa shape index (κ1) is 23.2. The second kappa shape index (κ2) is 10.3. The molecule has 1 aliphatic heterocycles. The Morgan fingerprint density at radius 1 is 1.03 bits per heavy atom. The standard InChI is InChI=1S/C24H27FN2O5/c1-16-4-7-20(8-5-16)32-18(3)24(30)31-15-23(29)27-12-10-26(11-13-27)22-9-6-19(17(2)28)14-21(22)25/h4-9,14,18H,10-13,15H2,1-3H3. The Hall–Kier alpha value is -3.42. The zero-order valence-corrected chi connectivity index (χ0v) is 18.5. The smallest absolute Gasteiger partial charge is 0.347 e. The molecular weight excluding hydrogens is 415 g/mol. The summed E-state index contributed by atoms with van der Waals surface area (Å²) in [6.45, 7) is 6.15. The van der Waals surface area contributed by atoms with Gasteiger partial charge in [0.25, 0.3) is 5.91 Å². The Balaban J connectivity index is 1.45. The summed E-state index contributed by atoms with van der Waals surface area (Å²) in [4.78, 5) is 39.4. The van der Waals surface area contributed by atoms with Crippen molar-refractivity contribution in [3.8, 4) is 5.75 Å². The van der Waals surface area contributed by atoms with Crippen LogP contribution in [0.4, 0.5) is 10.1 Å². The average molecular weight is 442 g/mol. The molecule has 1 saturated heterocycles. The van der Waals surface area contributed by atoms with E-state index < -0.39 is 17.9 Å². The zero-order valence-electron chi connectivity index (χ0n) is 18.5. The number of nitrogens with zero attached hydrogens (tertiary/aromatic N) is 2. The summed E-state index contributed by atoms with van der Waals surface area (Å²) < 4.78 is 25.0. The highest BCUT2D eigenvalue weighted by molar-refractivity contribution is 5.94. The molecular formula is C24H27FN2O5. The van der Waals surface area contributed by atoms with Gasteiger partial charge in [0.15, 0.2) is 18.5 Å². The highest BCUT2D eigenvalue weighted by Gasteiger charge is 2.25. The number of hydrogen-bond acceptors (Lipinski definition) is 6. The van der Waals surface area contributed by atoms with Crippen molar-refractivity contribution in [1.82, 2.24) is 4.90 Å². The van der Waals surface area contributed by atoms with Crippen molar-refractivity contribution in [2.45, 2.75) is 26.9 Å². The van der Waals surface area contributed by atoms with Gasteiger partial charge in [-0.3, -0.25) is 9.59 Å². The van der Waals surface area contributed by atoms with Gasteiger partial charge in [-0.1, -0.05) is 17.7 Å². The number of ketones is 1. The van der Waals surface area contributed by atoms with E-state index in [1.54, 1.807) is 36.1 Å². The van der Waals surface area contributed by atoms with Gasteiger partial charge in [-0.2, -0.15) is 0 Å². The number of Topliss-reactive ketones (excluding diaryl/α,β-unsaturated/α-hetero) is 1. The van der Waals surface area contributed by atoms with Crippen molar-refractivity contribution in [2.24, 2.45) is 0 Å². The molecule has 0 radical (unpaired) electrons. The molecule has 0 spiro atoms. The van der Waals surface area contributed by atoms with Gasteiger partial charge in [0.2, 0.25) is 0 Å². The largest absolute Gasteiger partial charge is 0.479 e. The molecule has 2 aromatic carbocycles. The highest BCUT2D eigenvalue weighted by Crippen LogP contribution is 2.22. The highest BCUT2D eigenvalue weighted by atomic mass is 19.1. The third-order valence-electron chi connectivity index (χ3n) is 5.33. The molecule has 0 saturated carbocycles. The number of halogens is 1. The minimum atomic E-state index is -0.844. The van der Waals surface area contributed by atoms with Gasteiger partial charge in [-0.15, -0.1) is 0 Å². The normalized spacial score (nSPS) is 14.6. The Labute approximate surface area is 186 Å². The van der Waals surface area contributed by atoms with Gasteiger partial charge in [0.1, 0.15) is 11.6 Å². The first-order valence-electron chi connectivity index (χ1n) is 10.5. The molecule has 1 amide bonds. The molecule has 0 aromatic heterocycles. The lowest BCUT2D eigenvalue weighted by Crippen LogP contribution is -2.50. The van der Waals surface area contributed by atoms with Crippen LogP contribution in [0, 0.1) is 12.7 Å². The summed E-state index contributed by atoms with van der Waals surface area (Å²) in [6.07, 6.45) is -0.844. The van der Waals surface area contributed by atoms with Gasteiger partial charge in [-0.05, 0) is 51.1 Å². The van der Waals surface area contributed by atoms with Crippen LogP contribution in [0.5, 0.6) is 5.75 Å². The topological polar surface area (TPSA) is 76.2 Å². The predicted molar refractivity (Wildman–Crippen MR) is 117 cm³/mol. The van der Waals surface area contributed by atoms with Gasteiger partial charge in [0.05, 0.1) is 5.69 Å². The van der Waals surface area contributed by atoms with Crippen LogP contribution in [-0.2, 0) is 14.3 Å². The molecule has 0 N–H and O–H groups in total. The number of amides is 1. The van der Waals surface area contributed by atoms with Gasteiger partial charge in [-0.25, -0.2) is 9.18 Å². The van der Waals surface area contributed by atoms with E-state index in [4.69, 9.17) is 9.47 Å². The number of ether oxygens (including phenoxy) is 2. The lowest BCUT2D eigenvalue weighted by Gasteiger charge is -2.36. The van der Waals surface area contributed by atoms with Crippen molar-refractivity contribution in [3.63, 3.8) is 0 Å². The second-order valence-corrected chi connectivity index (χ2v) is 7.77. The summed E-state index contributed by atoms with van der Waals surface area (Å²) in [5.74, 6) is -1.04. The number of hydrogen-bond donors (Lipinski definition) is 0.